The van der Waals surface area contributed by atoms with Crippen LogP contribution in [-0.2, 0) is 17.3 Å². The first-order valence-electron chi connectivity index (χ1n) is 5.40. The molecule has 4 nitrogen and oxygen atoms in total. The van der Waals surface area contributed by atoms with Crippen LogP contribution in [0.15, 0.2) is 4.42 Å². The number of nitrogens with zero attached hydrogens (tertiary/aromatic N) is 1. The second-order valence-corrected chi connectivity index (χ2v) is 3.76. The van der Waals surface area contributed by atoms with Gasteiger partial charge in [-0.3, -0.25) is 0 Å². The number of hydrogen-bond donors (Lipinski definition) is 1. The van der Waals surface area contributed by atoms with Crippen LogP contribution in [0.3, 0.4) is 0 Å². The van der Waals surface area contributed by atoms with Gasteiger partial charge in [0.15, 0.2) is 0 Å². The molecule has 1 aromatic heterocycles. The molecule has 1 saturated heterocycles. The van der Waals surface area contributed by atoms with Gasteiger partial charge in [-0.15, -0.1) is 0 Å². The van der Waals surface area contributed by atoms with E-state index >= 15 is 0 Å². The molecule has 2 rings (SSSR count). The van der Waals surface area contributed by atoms with E-state index in [1.807, 2.05) is 0 Å². The standard InChI is InChI=1S/C10H13F3N2O2/c1-2-6-8(10(11,12)13)17-9(15-6)7-5-16-4-3-14-7/h7,14H,2-5H2,1H3. The van der Waals surface area contributed by atoms with E-state index in [0.717, 1.165) is 0 Å². The number of halogens is 3. The minimum absolute atomic E-state index is 0.0499. The summed E-state index contributed by atoms with van der Waals surface area (Å²) >= 11 is 0. The summed E-state index contributed by atoms with van der Waals surface area (Å²) in [4.78, 5) is 3.89. The summed E-state index contributed by atoms with van der Waals surface area (Å²) in [7, 11) is 0. The molecule has 96 valence electrons. The van der Waals surface area contributed by atoms with Crippen molar-refractivity contribution in [3.05, 3.63) is 17.3 Å². The highest BCUT2D eigenvalue weighted by Gasteiger charge is 2.39. The molecule has 1 unspecified atom stereocenters. The average molecular weight is 250 g/mol. The lowest BCUT2D eigenvalue weighted by Crippen LogP contribution is -2.34. The van der Waals surface area contributed by atoms with E-state index in [1.54, 1.807) is 6.92 Å². The molecule has 0 aromatic carbocycles. The number of morpholine rings is 1. The monoisotopic (exact) mass is 250 g/mol. The molecule has 1 aliphatic heterocycles. The van der Waals surface area contributed by atoms with Crippen LogP contribution in [0.4, 0.5) is 13.2 Å². The van der Waals surface area contributed by atoms with Crippen molar-refractivity contribution in [2.75, 3.05) is 19.8 Å². The molecule has 2 heterocycles. The lowest BCUT2D eigenvalue weighted by atomic mass is 10.2. The van der Waals surface area contributed by atoms with E-state index in [1.165, 1.54) is 0 Å². The molecule has 1 N–H and O–H groups in total. The van der Waals surface area contributed by atoms with E-state index in [9.17, 15) is 13.2 Å². The van der Waals surface area contributed by atoms with Crippen molar-refractivity contribution in [3.63, 3.8) is 0 Å². The topological polar surface area (TPSA) is 47.3 Å². The van der Waals surface area contributed by atoms with Gasteiger partial charge in [0.1, 0.15) is 6.04 Å². The van der Waals surface area contributed by atoms with Crippen LogP contribution >= 0.6 is 0 Å². The van der Waals surface area contributed by atoms with Crippen LogP contribution in [-0.4, -0.2) is 24.7 Å². The van der Waals surface area contributed by atoms with Gasteiger partial charge in [-0.25, -0.2) is 4.98 Å². The molecule has 0 saturated carbocycles. The largest absolute Gasteiger partial charge is 0.451 e. The van der Waals surface area contributed by atoms with Crippen molar-refractivity contribution in [2.24, 2.45) is 0 Å². The number of aryl methyl sites for hydroxylation is 1. The molecule has 1 aliphatic rings. The van der Waals surface area contributed by atoms with Gasteiger partial charge in [0.2, 0.25) is 11.7 Å². The summed E-state index contributed by atoms with van der Waals surface area (Å²) in [6.45, 7) is 3.02. The quantitative estimate of drug-likeness (QED) is 0.871. The first kappa shape index (κ1) is 12.4. The van der Waals surface area contributed by atoms with Crippen LogP contribution in [0.25, 0.3) is 0 Å². The van der Waals surface area contributed by atoms with Gasteiger partial charge in [0.05, 0.1) is 18.9 Å². The minimum atomic E-state index is -4.49. The van der Waals surface area contributed by atoms with Gasteiger partial charge >= 0.3 is 6.18 Å². The molecule has 0 aliphatic carbocycles. The molecule has 1 aromatic rings. The summed E-state index contributed by atoms with van der Waals surface area (Å²) in [6.07, 6.45) is -4.31. The van der Waals surface area contributed by atoms with Gasteiger partial charge in [-0.1, -0.05) is 6.92 Å². The predicted molar refractivity (Wildman–Crippen MR) is 52.4 cm³/mol. The first-order chi connectivity index (χ1) is 8.02. The van der Waals surface area contributed by atoms with Crippen LogP contribution in [0, 0.1) is 0 Å². The fourth-order valence-corrected chi connectivity index (χ4v) is 1.70. The Bertz CT molecular complexity index is 383. The summed E-state index contributed by atoms with van der Waals surface area (Å²) in [5.41, 5.74) is -0.0557. The number of rotatable bonds is 2. The van der Waals surface area contributed by atoms with Gasteiger partial charge in [-0.05, 0) is 6.42 Å². The maximum atomic E-state index is 12.6. The highest BCUT2D eigenvalue weighted by molar-refractivity contribution is 5.14. The molecule has 17 heavy (non-hydrogen) atoms. The van der Waals surface area contributed by atoms with Crippen LogP contribution in [0.2, 0.25) is 0 Å². The van der Waals surface area contributed by atoms with E-state index < -0.39 is 18.0 Å². The molecule has 1 fully saturated rings. The third-order valence-electron chi connectivity index (χ3n) is 2.53. The number of ether oxygens (including phenoxy) is 1. The zero-order chi connectivity index (χ0) is 12.5. The maximum Gasteiger partial charge on any atom is 0.451 e. The third-order valence-corrected chi connectivity index (χ3v) is 2.53. The first-order valence-corrected chi connectivity index (χ1v) is 5.40. The number of aromatic nitrogens is 1. The Kier molecular flexibility index (Phi) is 3.39. The Labute approximate surface area is 96.2 Å². The lowest BCUT2D eigenvalue weighted by molar-refractivity contribution is -0.154. The maximum absolute atomic E-state index is 12.6. The Morgan fingerprint density at radius 1 is 1.47 bits per heavy atom. The van der Waals surface area contributed by atoms with E-state index in [0.29, 0.717) is 13.2 Å². The Hall–Kier alpha value is -1.08. The number of oxazole rings is 1. The third kappa shape index (κ3) is 2.61. The Balaban J connectivity index is 2.27. The van der Waals surface area contributed by atoms with E-state index in [-0.39, 0.29) is 24.6 Å². The van der Waals surface area contributed by atoms with Crippen molar-refractivity contribution in [3.8, 4) is 0 Å². The van der Waals surface area contributed by atoms with E-state index in [4.69, 9.17) is 9.15 Å². The van der Waals surface area contributed by atoms with Crippen LogP contribution < -0.4 is 5.32 Å². The lowest BCUT2D eigenvalue weighted by Gasteiger charge is -2.20. The molecule has 1 atom stereocenters. The average Bonchev–Trinajstić information content (AvgIpc) is 2.74. The summed E-state index contributed by atoms with van der Waals surface area (Å²) < 4.78 is 47.9. The van der Waals surface area contributed by atoms with Crippen molar-refractivity contribution in [1.29, 1.82) is 0 Å². The highest BCUT2D eigenvalue weighted by atomic mass is 19.4. The number of alkyl halides is 3. The van der Waals surface area contributed by atoms with Gasteiger partial charge < -0.3 is 14.5 Å². The van der Waals surface area contributed by atoms with E-state index in [2.05, 4.69) is 10.3 Å². The van der Waals surface area contributed by atoms with Crippen LogP contribution in [0.5, 0.6) is 0 Å². The molecular weight excluding hydrogens is 237 g/mol. The van der Waals surface area contributed by atoms with Crippen molar-refractivity contribution in [1.82, 2.24) is 10.3 Å². The predicted octanol–water partition coefficient (Wildman–Crippen LogP) is 1.92. The second-order valence-electron chi connectivity index (χ2n) is 3.76. The zero-order valence-corrected chi connectivity index (χ0v) is 9.30. The smallest absolute Gasteiger partial charge is 0.434 e. The summed E-state index contributed by atoms with van der Waals surface area (Å²) in [6, 6.07) is -0.398. The normalized spacial score (nSPS) is 21.8. The summed E-state index contributed by atoms with van der Waals surface area (Å²) in [5, 5.41) is 3.00. The molecule has 0 radical (unpaired) electrons. The fraction of sp³-hybridized carbons (Fsp3) is 0.700. The summed E-state index contributed by atoms with van der Waals surface area (Å²) in [5.74, 6) is -0.948. The highest BCUT2D eigenvalue weighted by Crippen LogP contribution is 2.34. The molecule has 7 heteroatoms. The zero-order valence-electron chi connectivity index (χ0n) is 9.30. The van der Waals surface area contributed by atoms with Crippen molar-refractivity contribution in [2.45, 2.75) is 25.6 Å². The SMILES string of the molecule is CCc1nc(C2COCCN2)oc1C(F)(F)F. The second kappa shape index (κ2) is 4.66. The number of nitrogens with one attached hydrogen (secondary N) is 1. The van der Waals surface area contributed by atoms with Gasteiger partial charge in [0.25, 0.3) is 0 Å². The van der Waals surface area contributed by atoms with Crippen LogP contribution in [0.1, 0.15) is 30.3 Å². The molecule has 0 amide bonds. The van der Waals surface area contributed by atoms with Gasteiger partial charge in [-0.2, -0.15) is 13.2 Å². The molecular formula is C10H13F3N2O2. The molecule has 0 bridgehead atoms. The number of hydrogen-bond acceptors (Lipinski definition) is 4. The van der Waals surface area contributed by atoms with Crippen molar-refractivity contribution < 1.29 is 22.3 Å². The Morgan fingerprint density at radius 2 is 2.24 bits per heavy atom. The van der Waals surface area contributed by atoms with Crippen molar-refractivity contribution >= 4 is 0 Å². The fourth-order valence-electron chi connectivity index (χ4n) is 1.70. The Morgan fingerprint density at radius 3 is 2.71 bits per heavy atom. The van der Waals surface area contributed by atoms with Gasteiger partial charge in [0, 0.05) is 6.54 Å². The molecule has 0 spiro atoms. The minimum Gasteiger partial charge on any atom is -0.434 e.